The fourth-order valence-corrected chi connectivity index (χ4v) is 3.87. The summed E-state index contributed by atoms with van der Waals surface area (Å²) < 4.78 is 5.93. The molecule has 1 saturated heterocycles. The molecule has 1 aliphatic carbocycles. The van der Waals surface area contributed by atoms with Crippen molar-refractivity contribution in [3.63, 3.8) is 0 Å². The predicted octanol–water partition coefficient (Wildman–Crippen LogP) is 2.87. The van der Waals surface area contributed by atoms with Crippen LogP contribution in [0.3, 0.4) is 0 Å². The molecule has 1 spiro atoms. The van der Waals surface area contributed by atoms with Crippen LogP contribution in [0.25, 0.3) is 0 Å². The van der Waals surface area contributed by atoms with Gasteiger partial charge in [0.05, 0.1) is 6.54 Å². The van der Waals surface area contributed by atoms with Crippen LogP contribution in [-0.2, 0) is 10.2 Å². The minimum Gasteiger partial charge on any atom is -0.491 e. The summed E-state index contributed by atoms with van der Waals surface area (Å²) in [5, 5.41) is 6.44. The standard InChI is InChI=1S/C20H30N2O2/c1-19(2,3)15-6-4-5-7-17(15)24-13-12-22-18(23)16-14-20(16)8-10-21-11-9-20/h4-7,16,21H,8-14H2,1-3H3,(H,22,23). The summed E-state index contributed by atoms with van der Waals surface area (Å²) in [4.78, 5) is 12.3. The van der Waals surface area contributed by atoms with Crippen molar-refractivity contribution in [2.45, 2.75) is 45.4 Å². The maximum Gasteiger partial charge on any atom is 0.223 e. The second kappa shape index (κ2) is 6.75. The van der Waals surface area contributed by atoms with Crippen molar-refractivity contribution in [2.24, 2.45) is 11.3 Å². The highest BCUT2D eigenvalue weighted by Gasteiger charge is 2.57. The van der Waals surface area contributed by atoms with Gasteiger partial charge in [0.1, 0.15) is 12.4 Å². The molecular formula is C20H30N2O2. The lowest BCUT2D eigenvalue weighted by atomic mass is 9.86. The van der Waals surface area contributed by atoms with Crippen molar-refractivity contribution >= 4 is 5.91 Å². The lowest BCUT2D eigenvalue weighted by Crippen LogP contribution is -2.35. The topological polar surface area (TPSA) is 50.4 Å². The first-order chi connectivity index (χ1) is 11.4. The monoisotopic (exact) mass is 330 g/mol. The van der Waals surface area contributed by atoms with Crippen molar-refractivity contribution in [3.8, 4) is 5.75 Å². The normalized spacial score (nSPS) is 22.2. The zero-order chi connectivity index (χ0) is 17.2. The van der Waals surface area contributed by atoms with E-state index in [1.165, 1.54) is 5.56 Å². The zero-order valence-corrected chi connectivity index (χ0v) is 15.2. The number of carbonyl (C=O) groups excluding carboxylic acids is 1. The lowest BCUT2D eigenvalue weighted by Gasteiger charge is -2.23. The minimum absolute atomic E-state index is 0.0508. The zero-order valence-electron chi connectivity index (χ0n) is 15.2. The summed E-state index contributed by atoms with van der Waals surface area (Å²) in [5.41, 5.74) is 1.55. The van der Waals surface area contributed by atoms with Crippen LogP contribution in [0.5, 0.6) is 5.75 Å². The molecule has 4 nitrogen and oxygen atoms in total. The number of rotatable bonds is 5. The van der Waals surface area contributed by atoms with Crippen LogP contribution in [0.2, 0.25) is 0 Å². The summed E-state index contributed by atoms with van der Waals surface area (Å²) in [6.07, 6.45) is 3.34. The van der Waals surface area contributed by atoms with Crippen LogP contribution in [0.15, 0.2) is 24.3 Å². The van der Waals surface area contributed by atoms with E-state index in [4.69, 9.17) is 4.74 Å². The first kappa shape index (κ1) is 17.3. The predicted molar refractivity (Wildman–Crippen MR) is 96.3 cm³/mol. The van der Waals surface area contributed by atoms with E-state index in [-0.39, 0.29) is 17.2 Å². The Balaban J connectivity index is 1.44. The largest absolute Gasteiger partial charge is 0.491 e. The summed E-state index contributed by atoms with van der Waals surface area (Å²) in [5.74, 6) is 1.35. The number of amides is 1. The number of nitrogens with one attached hydrogen (secondary N) is 2. The smallest absolute Gasteiger partial charge is 0.223 e. The fourth-order valence-electron chi connectivity index (χ4n) is 3.87. The number of benzene rings is 1. The first-order valence-corrected chi connectivity index (χ1v) is 9.13. The quantitative estimate of drug-likeness (QED) is 0.816. The number of hydrogen-bond acceptors (Lipinski definition) is 3. The fraction of sp³-hybridized carbons (Fsp3) is 0.650. The Morgan fingerprint density at radius 2 is 2.00 bits per heavy atom. The molecule has 0 aromatic heterocycles. The van der Waals surface area contributed by atoms with E-state index in [0.29, 0.717) is 18.6 Å². The average Bonchev–Trinajstić information content (AvgIpc) is 3.24. The number of hydrogen-bond donors (Lipinski definition) is 2. The van der Waals surface area contributed by atoms with Crippen molar-refractivity contribution < 1.29 is 9.53 Å². The second-order valence-corrected chi connectivity index (χ2v) is 8.25. The van der Waals surface area contributed by atoms with Gasteiger partial charge < -0.3 is 15.4 Å². The van der Waals surface area contributed by atoms with Crippen LogP contribution < -0.4 is 15.4 Å². The van der Waals surface area contributed by atoms with Crippen LogP contribution in [0.1, 0.15) is 45.6 Å². The maximum atomic E-state index is 12.3. The molecule has 3 rings (SSSR count). The molecule has 0 radical (unpaired) electrons. The molecule has 1 atom stereocenters. The summed E-state index contributed by atoms with van der Waals surface area (Å²) in [7, 11) is 0. The van der Waals surface area contributed by atoms with Crippen LogP contribution in [-0.4, -0.2) is 32.1 Å². The molecule has 1 amide bonds. The molecule has 24 heavy (non-hydrogen) atoms. The van der Waals surface area contributed by atoms with Gasteiger partial charge in [-0.25, -0.2) is 0 Å². The summed E-state index contributed by atoms with van der Waals surface area (Å²) in [6, 6.07) is 8.15. The van der Waals surface area contributed by atoms with E-state index in [9.17, 15) is 4.79 Å². The molecule has 1 aliphatic heterocycles. The van der Waals surface area contributed by atoms with Gasteiger partial charge in [-0.05, 0) is 54.8 Å². The van der Waals surface area contributed by atoms with Gasteiger partial charge in [-0.2, -0.15) is 0 Å². The molecule has 4 heteroatoms. The van der Waals surface area contributed by atoms with Gasteiger partial charge in [-0.3, -0.25) is 4.79 Å². The van der Waals surface area contributed by atoms with Crippen LogP contribution in [0, 0.1) is 11.3 Å². The van der Waals surface area contributed by atoms with Gasteiger partial charge in [-0.15, -0.1) is 0 Å². The third kappa shape index (κ3) is 3.75. The van der Waals surface area contributed by atoms with E-state index in [1.54, 1.807) is 0 Å². The molecule has 2 fully saturated rings. The van der Waals surface area contributed by atoms with Crippen molar-refractivity contribution in [3.05, 3.63) is 29.8 Å². The lowest BCUT2D eigenvalue weighted by molar-refractivity contribution is -0.123. The SMILES string of the molecule is CC(C)(C)c1ccccc1OCCNC(=O)C1CC12CCNCC2. The minimum atomic E-state index is 0.0508. The Hall–Kier alpha value is -1.55. The Morgan fingerprint density at radius 1 is 1.29 bits per heavy atom. The number of ether oxygens (including phenoxy) is 1. The van der Waals surface area contributed by atoms with E-state index in [0.717, 1.165) is 38.1 Å². The number of piperidine rings is 1. The highest BCUT2D eigenvalue weighted by Crippen LogP contribution is 2.58. The highest BCUT2D eigenvalue weighted by atomic mass is 16.5. The molecule has 1 heterocycles. The van der Waals surface area contributed by atoms with E-state index in [1.807, 2.05) is 18.2 Å². The first-order valence-electron chi connectivity index (χ1n) is 9.13. The summed E-state index contributed by atoms with van der Waals surface area (Å²) >= 11 is 0. The highest BCUT2D eigenvalue weighted by molar-refractivity contribution is 5.82. The molecule has 132 valence electrons. The molecule has 1 unspecified atom stereocenters. The molecule has 0 bridgehead atoms. The Kier molecular flexibility index (Phi) is 4.86. The third-order valence-electron chi connectivity index (χ3n) is 5.46. The van der Waals surface area contributed by atoms with Crippen molar-refractivity contribution in [1.29, 1.82) is 0 Å². The number of para-hydroxylation sites is 1. The molecule has 2 N–H and O–H groups in total. The van der Waals surface area contributed by atoms with E-state index < -0.39 is 0 Å². The molecule has 1 aromatic carbocycles. The van der Waals surface area contributed by atoms with E-state index in [2.05, 4.69) is 37.5 Å². The van der Waals surface area contributed by atoms with Gasteiger partial charge in [0.15, 0.2) is 0 Å². The van der Waals surface area contributed by atoms with Crippen LogP contribution >= 0.6 is 0 Å². The van der Waals surface area contributed by atoms with Gasteiger partial charge in [-0.1, -0.05) is 39.0 Å². The van der Waals surface area contributed by atoms with Gasteiger partial charge in [0.2, 0.25) is 5.91 Å². The van der Waals surface area contributed by atoms with Crippen molar-refractivity contribution in [2.75, 3.05) is 26.2 Å². The molecular weight excluding hydrogens is 300 g/mol. The molecule has 1 saturated carbocycles. The third-order valence-corrected chi connectivity index (χ3v) is 5.46. The molecule has 1 aromatic rings. The Labute approximate surface area is 145 Å². The second-order valence-electron chi connectivity index (χ2n) is 8.25. The van der Waals surface area contributed by atoms with Crippen LogP contribution in [0.4, 0.5) is 0 Å². The van der Waals surface area contributed by atoms with Crippen molar-refractivity contribution in [1.82, 2.24) is 10.6 Å². The Bertz CT molecular complexity index is 586. The number of carbonyl (C=O) groups is 1. The Morgan fingerprint density at radius 3 is 2.71 bits per heavy atom. The van der Waals surface area contributed by atoms with Gasteiger partial charge in [0.25, 0.3) is 0 Å². The molecule has 2 aliphatic rings. The van der Waals surface area contributed by atoms with Gasteiger partial charge in [0, 0.05) is 5.92 Å². The van der Waals surface area contributed by atoms with Gasteiger partial charge >= 0.3 is 0 Å². The summed E-state index contributed by atoms with van der Waals surface area (Å²) in [6.45, 7) is 9.74. The van der Waals surface area contributed by atoms with E-state index >= 15 is 0 Å². The maximum absolute atomic E-state index is 12.3. The average molecular weight is 330 g/mol.